The summed E-state index contributed by atoms with van der Waals surface area (Å²) in [6, 6.07) is -0.542. The molecule has 4 N–H and O–H groups in total. The Hall–Kier alpha value is -1.10. The highest BCUT2D eigenvalue weighted by Gasteiger charge is 2.26. The van der Waals surface area contributed by atoms with E-state index in [0.717, 1.165) is 0 Å². The lowest BCUT2D eigenvalue weighted by atomic mass is 9.87. The first kappa shape index (κ1) is 15.9. The van der Waals surface area contributed by atoms with Gasteiger partial charge in [-0.1, -0.05) is 27.7 Å². The zero-order valence-corrected chi connectivity index (χ0v) is 11.1. The second kappa shape index (κ2) is 6.59. The molecule has 0 radical (unpaired) electrons. The molecule has 0 spiro atoms. The third kappa shape index (κ3) is 6.26. The maximum absolute atomic E-state index is 11.6. The van der Waals surface area contributed by atoms with Gasteiger partial charge in [-0.15, -0.1) is 0 Å². The fourth-order valence-corrected chi connectivity index (χ4v) is 1.25. The Kier molecular flexibility index (Phi) is 6.16. The van der Waals surface area contributed by atoms with E-state index in [4.69, 9.17) is 10.8 Å². The van der Waals surface area contributed by atoms with Crippen LogP contribution in [0.1, 0.15) is 40.5 Å². The highest BCUT2D eigenvalue weighted by molar-refractivity contribution is 5.82. The van der Waals surface area contributed by atoms with Crippen molar-refractivity contribution in [3.8, 4) is 0 Å². The summed E-state index contributed by atoms with van der Waals surface area (Å²) in [5, 5.41) is 11.4. The summed E-state index contributed by atoms with van der Waals surface area (Å²) in [5.41, 5.74) is 5.51. The summed E-state index contributed by atoms with van der Waals surface area (Å²) in [6.07, 6.45) is 1.20. The number of carboxylic acid groups (broad SMARTS) is 1. The van der Waals surface area contributed by atoms with Crippen molar-refractivity contribution in [2.75, 3.05) is 6.54 Å². The van der Waals surface area contributed by atoms with Crippen molar-refractivity contribution < 1.29 is 14.7 Å². The molecule has 0 heterocycles. The molecule has 0 aromatic rings. The largest absolute Gasteiger partial charge is 0.481 e. The average molecular weight is 244 g/mol. The lowest BCUT2D eigenvalue weighted by Crippen LogP contribution is -2.48. The summed E-state index contributed by atoms with van der Waals surface area (Å²) in [7, 11) is 0. The van der Waals surface area contributed by atoms with Crippen LogP contribution >= 0.6 is 0 Å². The quantitative estimate of drug-likeness (QED) is 0.607. The van der Waals surface area contributed by atoms with Crippen molar-refractivity contribution in [3.05, 3.63) is 0 Å². The number of carboxylic acids is 1. The molecule has 2 unspecified atom stereocenters. The maximum atomic E-state index is 11.6. The van der Waals surface area contributed by atoms with Crippen molar-refractivity contribution in [2.45, 2.75) is 46.6 Å². The van der Waals surface area contributed by atoms with E-state index in [2.05, 4.69) is 5.32 Å². The van der Waals surface area contributed by atoms with E-state index in [0.29, 0.717) is 19.4 Å². The molecule has 0 aliphatic heterocycles. The molecule has 5 heteroatoms. The van der Waals surface area contributed by atoms with Crippen LogP contribution < -0.4 is 11.1 Å². The van der Waals surface area contributed by atoms with Gasteiger partial charge in [-0.2, -0.15) is 0 Å². The first-order valence-corrected chi connectivity index (χ1v) is 5.92. The highest BCUT2D eigenvalue weighted by Crippen LogP contribution is 2.17. The van der Waals surface area contributed by atoms with E-state index in [-0.39, 0.29) is 17.2 Å². The Bertz CT molecular complexity index is 271. The SMILES string of the molecule is CC(CCCNC(=O)C(N)C(C)(C)C)C(=O)O. The molecule has 100 valence electrons. The van der Waals surface area contributed by atoms with E-state index in [1.165, 1.54) is 0 Å². The van der Waals surface area contributed by atoms with Gasteiger partial charge in [0.05, 0.1) is 12.0 Å². The molecular formula is C12H24N2O3. The molecule has 0 aliphatic rings. The van der Waals surface area contributed by atoms with Gasteiger partial charge in [0.1, 0.15) is 0 Å². The molecule has 1 amide bonds. The molecule has 0 saturated carbocycles. The van der Waals surface area contributed by atoms with Crippen LogP contribution in [0, 0.1) is 11.3 Å². The number of hydrogen-bond donors (Lipinski definition) is 3. The number of hydrogen-bond acceptors (Lipinski definition) is 3. The third-order valence-corrected chi connectivity index (χ3v) is 2.75. The summed E-state index contributed by atoms with van der Waals surface area (Å²) in [5.74, 6) is -1.36. The van der Waals surface area contributed by atoms with E-state index in [1.807, 2.05) is 20.8 Å². The Morgan fingerprint density at radius 1 is 1.35 bits per heavy atom. The van der Waals surface area contributed by atoms with Crippen LogP contribution in [0.5, 0.6) is 0 Å². The summed E-state index contributed by atoms with van der Waals surface area (Å²) >= 11 is 0. The topological polar surface area (TPSA) is 92.4 Å². The zero-order chi connectivity index (χ0) is 13.6. The van der Waals surface area contributed by atoms with Gasteiger partial charge in [0.15, 0.2) is 0 Å². The van der Waals surface area contributed by atoms with E-state index in [1.54, 1.807) is 6.92 Å². The van der Waals surface area contributed by atoms with Crippen LogP contribution in [0.25, 0.3) is 0 Å². The van der Waals surface area contributed by atoms with Crippen molar-refractivity contribution in [1.82, 2.24) is 5.32 Å². The highest BCUT2D eigenvalue weighted by atomic mass is 16.4. The number of aliphatic carboxylic acids is 1. The lowest BCUT2D eigenvalue weighted by molar-refractivity contribution is -0.141. The van der Waals surface area contributed by atoms with Gasteiger partial charge in [0.25, 0.3) is 0 Å². The number of nitrogens with two attached hydrogens (primary N) is 1. The summed E-state index contributed by atoms with van der Waals surface area (Å²) in [6.45, 7) is 7.85. The monoisotopic (exact) mass is 244 g/mol. The van der Waals surface area contributed by atoms with E-state index < -0.39 is 12.0 Å². The van der Waals surface area contributed by atoms with Crippen LogP contribution in [0.3, 0.4) is 0 Å². The number of amides is 1. The Balaban J connectivity index is 3.84. The van der Waals surface area contributed by atoms with E-state index >= 15 is 0 Å². The molecule has 0 aromatic carbocycles. The molecule has 2 atom stereocenters. The molecule has 0 fully saturated rings. The standard InChI is InChI=1S/C12H24N2O3/c1-8(11(16)17)6-5-7-14-10(15)9(13)12(2,3)4/h8-9H,5-7,13H2,1-4H3,(H,14,15)(H,16,17). The fourth-order valence-electron chi connectivity index (χ4n) is 1.25. The minimum Gasteiger partial charge on any atom is -0.481 e. The summed E-state index contributed by atoms with van der Waals surface area (Å²) in [4.78, 5) is 22.2. The van der Waals surface area contributed by atoms with Crippen LogP contribution in [-0.4, -0.2) is 29.6 Å². The van der Waals surface area contributed by atoms with Crippen molar-refractivity contribution in [1.29, 1.82) is 0 Å². The second-order valence-electron chi connectivity index (χ2n) is 5.52. The van der Waals surface area contributed by atoms with Crippen molar-refractivity contribution in [3.63, 3.8) is 0 Å². The van der Waals surface area contributed by atoms with Crippen molar-refractivity contribution >= 4 is 11.9 Å². The van der Waals surface area contributed by atoms with Gasteiger partial charge in [-0.3, -0.25) is 9.59 Å². The normalized spacial score (nSPS) is 15.1. The molecule has 5 nitrogen and oxygen atoms in total. The first-order chi connectivity index (χ1) is 7.66. The van der Waals surface area contributed by atoms with Gasteiger partial charge in [0, 0.05) is 6.54 Å². The van der Waals surface area contributed by atoms with Crippen LogP contribution in [0.2, 0.25) is 0 Å². The molecule has 0 aliphatic carbocycles. The van der Waals surface area contributed by atoms with Crippen LogP contribution in [-0.2, 0) is 9.59 Å². The average Bonchev–Trinajstić information content (AvgIpc) is 2.20. The fraction of sp³-hybridized carbons (Fsp3) is 0.833. The molecule has 17 heavy (non-hydrogen) atoms. The number of nitrogens with one attached hydrogen (secondary N) is 1. The minimum absolute atomic E-state index is 0.180. The Labute approximate surface area is 103 Å². The predicted octanol–water partition coefficient (Wildman–Crippen LogP) is 0.977. The zero-order valence-electron chi connectivity index (χ0n) is 11.1. The van der Waals surface area contributed by atoms with Crippen LogP contribution in [0.4, 0.5) is 0 Å². The van der Waals surface area contributed by atoms with Crippen LogP contribution in [0.15, 0.2) is 0 Å². The predicted molar refractivity (Wildman–Crippen MR) is 66.5 cm³/mol. The maximum Gasteiger partial charge on any atom is 0.306 e. The molecule has 0 saturated heterocycles. The number of carbonyl (C=O) groups is 2. The lowest BCUT2D eigenvalue weighted by Gasteiger charge is -2.25. The van der Waals surface area contributed by atoms with Gasteiger partial charge >= 0.3 is 5.97 Å². The van der Waals surface area contributed by atoms with Gasteiger partial charge < -0.3 is 16.2 Å². The molecule has 0 bridgehead atoms. The molecule has 0 rings (SSSR count). The van der Waals surface area contributed by atoms with E-state index in [9.17, 15) is 9.59 Å². The summed E-state index contributed by atoms with van der Waals surface area (Å²) < 4.78 is 0. The van der Waals surface area contributed by atoms with Gasteiger partial charge in [0.2, 0.25) is 5.91 Å². The third-order valence-electron chi connectivity index (χ3n) is 2.75. The van der Waals surface area contributed by atoms with Crippen molar-refractivity contribution in [2.24, 2.45) is 17.1 Å². The van der Waals surface area contributed by atoms with Gasteiger partial charge in [-0.05, 0) is 18.3 Å². The minimum atomic E-state index is -0.803. The Morgan fingerprint density at radius 3 is 2.29 bits per heavy atom. The smallest absolute Gasteiger partial charge is 0.306 e. The number of carbonyl (C=O) groups excluding carboxylic acids is 1. The molecule has 0 aromatic heterocycles. The second-order valence-corrected chi connectivity index (χ2v) is 5.52. The first-order valence-electron chi connectivity index (χ1n) is 5.92. The Morgan fingerprint density at radius 2 is 1.88 bits per heavy atom. The number of rotatable bonds is 6. The van der Waals surface area contributed by atoms with Gasteiger partial charge in [-0.25, -0.2) is 0 Å². The molecular weight excluding hydrogens is 220 g/mol.